The van der Waals surface area contributed by atoms with Crippen molar-refractivity contribution in [1.82, 2.24) is 14.7 Å². The van der Waals surface area contributed by atoms with Crippen molar-refractivity contribution in [2.75, 3.05) is 33.4 Å². The summed E-state index contributed by atoms with van der Waals surface area (Å²) in [5.74, 6) is -1.62. The van der Waals surface area contributed by atoms with Crippen LogP contribution in [0.1, 0.15) is 46.3 Å². The first-order chi connectivity index (χ1) is 13.0. The van der Waals surface area contributed by atoms with Gasteiger partial charge in [-0.3, -0.25) is 9.48 Å². The third kappa shape index (κ3) is 2.92. The second kappa shape index (κ2) is 6.82. The molecule has 1 fully saturated rings. The van der Waals surface area contributed by atoms with Gasteiger partial charge in [-0.25, -0.2) is 13.2 Å². The molecule has 1 amide bonds. The number of aromatic carboxylic acids is 1. The molecule has 28 heavy (non-hydrogen) atoms. The van der Waals surface area contributed by atoms with Crippen molar-refractivity contribution in [2.45, 2.75) is 35.7 Å². The second-order valence-electron chi connectivity index (χ2n) is 7.81. The van der Waals surface area contributed by atoms with Crippen LogP contribution in [-0.2, 0) is 28.0 Å². The van der Waals surface area contributed by atoms with Gasteiger partial charge in [0.2, 0.25) is 0 Å². The highest BCUT2D eigenvalue weighted by Gasteiger charge is 2.62. The third-order valence-electron chi connectivity index (χ3n) is 5.76. The lowest BCUT2D eigenvalue weighted by molar-refractivity contribution is 0.0688. The molecular weight excluding hydrogens is 390 g/mol. The fourth-order valence-corrected chi connectivity index (χ4v) is 6.38. The number of hydrogen-bond donors (Lipinski definition) is 2. The molecule has 1 saturated carbocycles. The van der Waals surface area contributed by atoms with Gasteiger partial charge in [0.15, 0.2) is 15.5 Å². The number of carboxylic acids is 1. The Bertz CT molecular complexity index is 919. The molecule has 2 N–H and O–H groups in total. The van der Waals surface area contributed by atoms with Crippen LogP contribution >= 0.6 is 0 Å². The van der Waals surface area contributed by atoms with E-state index in [1.807, 2.05) is 0 Å². The number of aliphatic hydroxyl groups is 1. The van der Waals surface area contributed by atoms with Crippen LogP contribution in [0.2, 0.25) is 0 Å². The number of carboxylic acid groups (broad SMARTS) is 1. The quantitative estimate of drug-likeness (QED) is 0.577. The molecule has 0 radical (unpaired) electrons. The lowest BCUT2D eigenvalue weighted by Crippen LogP contribution is -2.54. The lowest BCUT2D eigenvalue weighted by Gasteiger charge is -2.35. The van der Waals surface area contributed by atoms with Crippen molar-refractivity contribution >= 4 is 21.7 Å². The molecule has 2 heterocycles. The van der Waals surface area contributed by atoms with E-state index in [9.17, 15) is 28.2 Å². The van der Waals surface area contributed by atoms with E-state index in [0.717, 1.165) is 0 Å². The Kier molecular flexibility index (Phi) is 5.05. The molecule has 1 aliphatic carbocycles. The van der Waals surface area contributed by atoms with Crippen molar-refractivity contribution < 1.29 is 33.0 Å². The minimum atomic E-state index is -3.81. The molecule has 10 nitrogen and oxygen atoms in total. The number of ether oxygens (including phenoxy) is 1. The number of carbonyl (C=O) groups excluding carboxylic acids is 1. The van der Waals surface area contributed by atoms with Crippen LogP contribution < -0.4 is 0 Å². The number of hydrogen-bond acceptors (Lipinski definition) is 7. The zero-order chi connectivity index (χ0) is 20.9. The predicted molar refractivity (Wildman–Crippen MR) is 98.0 cm³/mol. The maximum Gasteiger partial charge on any atom is 0.356 e. The van der Waals surface area contributed by atoms with Gasteiger partial charge in [0, 0.05) is 32.8 Å². The zero-order valence-corrected chi connectivity index (χ0v) is 17.0. The summed E-state index contributed by atoms with van der Waals surface area (Å²) in [6, 6.07) is 0. The number of amides is 1. The average molecular weight is 415 g/mol. The molecule has 156 valence electrons. The highest BCUT2D eigenvalue weighted by atomic mass is 32.2. The molecule has 3 rings (SSSR count). The van der Waals surface area contributed by atoms with E-state index in [1.165, 1.54) is 30.7 Å². The van der Waals surface area contributed by atoms with Gasteiger partial charge in [0.25, 0.3) is 5.91 Å². The van der Waals surface area contributed by atoms with Crippen molar-refractivity contribution in [1.29, 1.82) is 0 Å². The van der Waals surface area contributed by atoms with Gasteiger partial charge < -0.3 is 19.8 Å². The molecule has 0 spiro atoms. The summed E-state index contributed by atoms with van der Waals surface area (Å²) in [4.78, 5) is 25.7. The summed E-state index contributed by atoms with van der Waals surface area (Å²) in [7, 11) is -0.931. The van der Waals surface area contributed by atoms with Gasteiger partial charge in [-0.15, -0.1) is 0 Å². The highest BCUT2D eigenvalue weighted by Crippen LogP contribution is 2.49. The monoisotopic (exact) mass is 415 g/mol. The second-order valence-corrected chi connectivity index (χ2v) is 10.7. The van der Waals surface area contributed by atoms with Crippen molar-refractivity contribution in [2.24, 2.45) is 7.05 Å². The predicted octanol–water partition coefficient (Wildman–Crippen LogP) is -0.539. The summed E-state index contributed by atoms with van der Waals surface area (Å²) in [6.07, 6.45) is 1.09. The van der Waals surface area contributed by atoms with Gasteiger partial charge in [0.1, 0.15) is 10.4 Å². The van der Waals surface area contributed by atoms with Gasteiger partial charge in [-0.1, -0.05) is 0 Å². The molecular formula is C17H25N3O7S. The number of fused-ring (bicyclic) bond motifs is 1. The largest absolute Gasteiger partial charge is 0.476 e. The molecule has 0 bridgehead atoms. The van der Waals surface area contributed by atoms with Crippen LogP contribution in [0.25, 0.3) is 0 Å². The molecule has 1 atom stereocenters. The fraction of sp³-hybridized carbons (Fsp3) is 0.706. The summed E-state index contributed by atoms with van der Waals surface area (Å²) in [5, 5.41) is 22.9. The van der Waals surface area contributed by atoms with Crippen LogP contribution in [0.3, 0.4) is 0 Å². The van der Waals surface area contributed by atoms with Crippen LogP contribution in [-0.4, -0.2) is 88.1 Å². The number of aliphatic hydroxyl groups excluding tert-OH is 1. The van der Waals surface area contributed by atoms with Gasteiger partial charge in [-0.2, -0.15) is 5.10 Å². The van der Waals surface area contributed by atoms with Crippen LogP contribution in [0.5, 0.6) is 0 Å². The minimum Gasteiger partial charge on any atom is -0.476 e. The third-order valence-corrected chi connectivity index (χ3v) is 8.98. The molecule has 1 aromatic rings. The first kappa shape index (κ1) is 20.7. The smallest absolute Gasteiger partial charge is 0.356 e. The molecule has 1 aromatic heterocycles. The van der Waals surface area contributed by atoms with E-state index in [1.54, 1.807) is 0 Å². The van der Waals surface area contributed by atoms with E-state index in [-0.39, 0.29) is 31.1 Å². The van der Waals surface area contributed by atoms with Crippen molar-refractivity contribution in [3.05, 3.63) is 17.0 Å². The molecule has 1 unspecified atom stereocenters. The Morgan fingerprint density at radius 1 is 1.39 bits per heavy atom. The standard InChI is InChI=1S/C17H25N3O7S/c1-16(9-21,10-27-3)28(25,26)17(5-6-17)8-20-7-4-11-12(15(23)24)18-19(2)13(11)14(20)22/h21H,4-10H2,1-3H3,(H,23,24). The lowest BCUT2D eigenvalue weighted by atomic mass is 10.0. The highest BCUT2D eigenvalue weighted by molar-refractivity contribution is 7.94. The number of methoxy groups -OCH3 is 1. The topological polar surface area (TPSA) is 139 Å². The van der Waals surface area contributed by atoms with Gasteiger partial charge in [0.05, 0.1) is 18.0 Å². The van der Waals surface area contributed by atoms with Crippen LogP contribution in [0, 0.1) is 0 Å². The van der Waals surface area contributed by atoms with Crippen LogP contribution in [0.15, 0.2) is 0 Å². The molecule has 0 saturated heterocycles. The van der Waals surface area contributed by atoms with E-state index in [4.69, 9.17) is 4.74 Å². The van der Waals surface area contributed by atoms with Gasteiger partial charge in [-0.05, 0) is 26.2 Å². The number of nitrogens with zero attached hydrogens (tertiary/aromatic N) is 3. The SMILES string of the molecule is COCC(C)(CO)S(=O)(=O)C1(CN2CCc3c(C(=O)O)nn(C)c3C2=O)CC1. The van der Waals surface area contributed by atoms with Crippen molar-refractivity contribution in [3.63, 3.8) is 0 Å². The Hall–Kier alpha value is -1.98. The van der Waals surface area contributed by atoms with E-state index >= 15 is 0 Å². The fourth-order valence-electron chi connectivity index (χ4n) is 3.93. The Morgan fingerprint density at radius 3 is 2.54 bits per heavy atom. The molecule has 11 heteroatoms. The van der Waals surface area contributed by atoms with Crippen LogP contribution in [0.4, 0.5) is 0 Å². The van der Waals surface area contributed by atoms with Crippen molar-refractivity contribution in [3.8, 4) is 0 Å². The Labute approximate surface area is 163 Å². The summed E-state index contributed by atoms with van der Waals surface area (Å²) >= 11 is 0. The summed E-state index contributed by atoms with van der Waals surface area (Å²) in [5.41, 5.74) is 0.411. The zero-order valence-electron chi connectivity index (χ0n) is 16.1. The number of rotatable bonds is 8. The van der Waals surface area contributed by atoms with E-state index < -0.39 is 37.8 Å². The maximum absolute atomic E-state index is 13.3. The first-order valence-electron chi connectivity index (χ1n) is 8.96. The Morgan fingerprint density at radius 2 is 2.04 bits per heavy atom. The number of carbonyl (C=O) groups is 2. The number of aryl methyl sites for hydroxylation is 1. The molecule has 0 aromatic carbocycles. The van der Waals surface area contributed by atoms with Gasteiger partial charge >= 0.3 is 5.97 Å². The minimum absolute atomic E-state index is 0.000492. The molecule has 1 aliphatic heterocycles. The summed E-state index contributed by atoms with van der Waals surface area (Å²) in [6.45, 7) is 0.945. The Balaban J connectivity index is 1.89. The maximum atomic E-state index is 13.3. The summed E-state index contributed by atoms with van der Waals surface area (Å²) < 4.78 is 30.2. The first-order valence-corrected chi connectivity index (χ1v) is 10.4. The average Bonchev–Trinajstić information content (AvgIpc) is 3.34. The number of sulfone groups is 1. The normalized spacial score (nSPS) is 20.6. The number of aromatic nitrogens is 2. The molecule has 2 aliphatic rings. The van der Waals surface area contributed by atoms with E-state index in [0.29, 0.717) is 24.8 Å². The van der Waals surface area contributed by atoms with E-state index in [2.05, 4.69) is 5.10 Å².